The van der Waals surface area contributed by atoms with Crippen molar-refractivity contribution in [1.82, 2.24) is 4.90 Å². The summed E-state index contributed by atoms with van der Waals surface area (Å²) in [5.41, 5.74) is 4.55. The van der Waals surface area contributed by atoms with Gasteiger partial charge in [0.2, 0.25) is 0 Å². The van der Waals surface area contributed by atoms with E-state index in [4.69, 9.17) is 21.7 Å². The number of hydrogen-bond acceptors (Lipinski definition) is 3. The van der Waals surface area contributed by atoms with Crippen molar-refractivity contribution in [3.63, 3.8) is 0 Å². The zero-order valence-electron chi connectivity index (χ0n) is 17.0. The largest absolute Gasteiger partial charge is 0.497 e. The predicted octanol–water partition coefficient (Wildman–Crippen LogP) is 5.41. The lowest BCUT2D eigenvalue weighted by Gasteiger charge is -2.26. The average molecular weight is 407 g/mol. The molecule has 0 atom stereocenters. The number of rotatable bonds is 7. The first-order valence-electron chi connectivity index (χ1n) is 9.46. The van der Waals surface area contributed by atoms with Crippen LogP contribution in [0.4, 0.5) is 5.69 Å². The van der Waals surface area contributed by atoms with E-state index in [1.807, 2.05) is 36.4 Å². The third kappa shape index (κ3) is 5.96. The molecule has 0 aromatic heterocycles. The minimum atomic E-state index is 0.674. The highest BCUT2D eigenvalue weighted by atomic mass is 32.1. The predicted molar refractivity (Wildman–Crippen MR) is 123 cm³/mol. The summed E-state index contributed by atoms with van der Waals surface area (Å²) in [5.74, 6) is 1.66. The highest BCUT2D eigenvalue weighted by Gasteiger charge is 2.12. The molecule has 1 N–H and O–H groups in total. The van der Waals surface area contributed by atoms with Crippen molar-refractivity contribution in [3.8, 4) is 11.5 Å². The molecule has 0 radical (unpaired) electrons. The third-order valence-corrected chi connectivity index (χ3v) is 4.98. The number of methoxy groups -OCH3 is 2. The quantitative estimate of drug-likeness (QED) is 0.531. The molecule has 0 bridgehead atoms. The molecule has 0 aliphatic carbocycles. The third-order valence-electron chi connectivity index (χ3n) is 4.62. The monoisotopic (exact) mass is 406 g/mol. The molecule has 0 saturated carbocycles. The summed E-state index contributed by atoms with van der Waals surface area (Å²) in [4.78, 5) is 2.16. The van der Waals surface area contributed by atoms with E-state index in [9.17, 15) is 0 Å². The Kier molecular flexibility index (Phi) is 7.09. The van der Waals surface area contributed by atoms with Crippen LogP contribution in [0.3, 0.4) is 0 Å². The molecular weight excluding hydrogens is 380 g/mol. The lowest BCUT2D eigenvalue weighted by molar-refractivity contribution is 0.407. The molecule has 0 spiro atoms. The Labute approximate surface area is 178 Å². The minimum Gasteiger partial charge on any atom is -0.497 e. The van der Waals surface area contributed by atoms with E-state index < -0.39 is 0 Å². The summed E-state index contributed by atoms with van der Waals surface area (Å²) < 4.78 is 10.5. The zero-order valence-corrected chi connectivity index (χ0v) is 17.8. The van der Waals surface area contributed by atoms with E-state index in [1.54, 1.807) is 14.2 Å². The van der Waals surface area contributed by atoms with Crippen LogP contribution in [-0.2, 0) is 13.1 Å². The molecule has 4 nitrogen and oxygen atoms in total. The normalized spacial score (nSPS) is 10.3. The molecule has 29 heavy (non-hydrogen) atoms. The van der Waals surface area contributed by atoms with Crippen LogP contribution in [0.2, 0.25) is 0 Å². The summed E-state index contributed by atoms with van der Waals surface area (Å²) >= 11 is 5.76. The lowest BCUT2D eigenvalue weighted by Crippen LogP contribution is -2.33. The fourth-order valence-corrected chi connectivity index (χ4v) is 3.31. The van der Waals surface area contributed by atoms with E-state index in [-0.39, 0.29) is 0 Å². The number of nitrogens with zero attached hydrogens (tertiary/aromatic N) is 1. The van der Waals surface area contributed by atoms with E-state index in [1.165, 1.54) is 11.1 Å². The molecule has 3 rings (SSSR count). The van der Waals surface area contributed by atoms with Gasteiger partial charge in [0, 0.05) is 18.8 Å². The van der Waals surface area contributed by atoms with Gasteiger partial charge in [-0.2, -0.15) is 0 Å². The number of benzene rings is 3. The highest BCUT2D eigenvalue weighted by molar-refractivity contribution is 7.80. The highest BCUT2D eigenvalue weighted by Crippen LogP contribution is 2.19. The van der Waals surface area contributed by atoms with E-state index in [2.05, 4.69) is 53.5 Å². The Bertz CT molecular complexity index is 940. The summed E-state index contributed by atoms with van der Waals surface area (Å²) in [6.07, 6.45) is 0. The Hall–Kier alpha value is -3.05. The van der Waals surface area contributed by atoms with E-state index >= 15 is 0 Å². The Morgan fingerprint density at radius 1 is 0.828 bits per heavy atom. The summed E-state index contributed by atoms with van der Waals surface area (Å²) in [7, 11) is 3.33. The van der Waals surface area contributed by atoms with Crippen molar-refractivity contribution >= 4 is 23.0 Å². The van der Waals surface area contributed by atoms with Gasteiger partial charge in [0.25, 0.3) is 0 Å². The van der Waals surface area contributed by atoms with Gasteiger partial charge in [0.05, 0.1) is 14.2 Å². The topological polar surface area (TPSA) is 33.7 Å². The first kappa shape index (κ1) is 20.7. The van der Waals surface area contributed by atoms with Crippen molar-refractivity contribution in [2.24, 2.45) is 0 Å². The number of nitrogens with one attached hydrogen (secondary N) is 1. The van der Waals surface area contributed by atoms with Crippen LogP contribution >= 0.6 is 12.2 Å². The standard InChI is InChI=1S/C24H26N2O2S/c1-18-5-4-6-20(15-18)17-26(16-19-7-11-22(27-2)12-8-19)24(29)25-21-9-13-23(28-3)14-10-21/h4-15H,16-17H2,1-3H3,(H,25,29). The molecule has 3 aromatic rings. The van der Waals surface area contributed by atoms with Gasteiger partial charge in [0.1, 0.15) is 11.5 Å². The van der Waals surface area contributed by atoms with Gasteiger partial charge in [-0.3, -0.25) is 0 Å². The molecule has 5 heteroatoms. The molecule has 3 aromatic carbocycles. The van der Waals surface area contributed by atoms with Gasteiger partial charge in [-0.05, 0) is 66.7 Å². The minimum absolute atomic E-state index is 0.674. The lowest BCUT2D eigenvalue weighted by atomic mass is 10.1. The number of ether oxygens (including phenoxy) is 2. The molecular formula is C24H26N2O2S. The van der Waals surface area contributed by atoms with Gasteiger partial charge in [-0.25, -0.2) is 0 Å². The van der Waals surface area contributed by atoms with Crippen LogP contribution in [0, 0.1) is 6.92 Å². The average Bonchev–Trinajstić information content (AvgIpc) is 2.74. The van der Waals surface area contributed by atoms with Gasteiger partial charge >= 0.3 is 0 Å². The summed E-state index contributed by atoms with van der Waals surface area (Å²) in [6.45, 7) is 3.51. The zero-order chi connectivity index (χ0) is 20.6. The first-order valence-corrected chi connectivity index (χ1v) is 9.86. The van der Waals surface area contributed by atoms with Gasteiger partial charge in [0.15, 0.2) is 5.11 Å². The molecule has 0 saturated heterocycles. The maximum absolute atomic E-state index is 5.76. The van der Waals surface area contributed by atoms with Gasteiger partial charge < -0.3 is 19.7 Å². The smallest absolute Gasteiger partial charge is 0.174 e. The van der Waals surface area contributed by atoms with Crippen LogP contribution in [0.1, 0.15) is 16.7 Å². The fraction of sp³-hybridized carbons (Fsp3) is 0.208. The Morgan fingerprint density at radius 2 is 1.41 bits per heavy atom. The molecule has 0 aliphatic heterocycles. The van der Waals surface area contributed by atoms with Crippen molar-refractivity contribution < 1.29 is 9.47 Å². The van der Waals surface area contributed by atoms with Crippen molar-refractivity contribution in [3.05, 3.63) is 89.5 Å². The van der Waals surface area contributed by atoms with Crippen molar-refractivity contribution in [2.45, 2.75) is 20.0 Å². The van der Waals surface area contributed by atoms with Crippen LogP contribution in [-0.4, -0.2) is 24.2 Å². The second-order valence-corrected chi connectivity index (χ2v) is 7.24. The number of hydrogen-bond donors (Lipinski definition) is 1. The summed E-state index contributed by atoms with van der Waals surface area (Å²) in [6, 6.07) is 24.3. The Morgan fingerprint density at radius 3 is 2.00 bits per heavy atom. The Balaban J connectivity index is 1.78. The molecule has 150 valence electrons. The maximum atomic E-state index is 5.76. The summed E-state index contributed by atoms with van der Waals surface area (Å²) in [5, 5.41) is 4.02. The molecule has 0 aliphatic rings. The van der Waals surface area contributed by atoms with Gasteiger partial charge in [-0.15, -0.1) is 0 Å². The van der Waals surface area contributed by atoms with E-state index in [0.717, 1.165) is 29.3 Å². The second-order valence-electron chi connectivity index (χ2n) is 6.85. The van der Waals surface area contributed by atoms with Crippen molar-refractivity contribution in [1.29, 1.82) is 0 Å². The van der Waals surface area contributed by atoms with Crippen LogP contribution in [0.5, 0.6) is 11.5 Å². The molecule has 0 heterocycles. The SMILES string of the molecule is COc1ccc(CN(Cc2cccc(C)c2)C(=S)Nc2ccc(OC)cc2)cc1. The van der Waals surface area contributed by atoms with Crippen LogP contribution < -0.4 is 14.8 Å². The number of anilines is 1. The van der Waals surface area contributed by atoms with Crippen LogP contribution in [0.15, 0.2) is 72.8 Å². The maximum Gasteiger partial charge on any atom is 0.174 e. The molecule has 0 fully saturated rings. The molecule has 0 unspecified atom stereocenters. The first-order chi connectivity index (χ1) is 14.1. The second kappa shape index (κ2) is 9.94. The van der Waals surface area contributed by atoms with E-state index in [0.29, 0.717) is 11.7 Å². The van der Waals surface area contributed by atoms with Crippen molar-refractivity contribution in [2.75, 3.05) is 19.5 Å². The molecule has 0 amide bonds. The number of thiocarbonyl (C=S) groups is 1. The van der Waals surface area contributed by atoms with Crippen LogP contribution in [0.25, 0.3) is 0 Å². The number of aryl methyl sites for hydroxylation is 1. The fourth-order valence-electron chi connectivity index (χ4n) is 3.06. The van der Waals surface area contributed by atoms with Gasteiger partial charge in [-0.1, -0.05) is 42.0 Å².